The van der Waals surface area contributed by atoms with Crippen molar-refractivity contribution in [2.24, 2.45) is 0 Å². The van der Waals surface area contributed by atoms with E-state index in [0.29, 0.717) is 6.04 Å². The van der Waals surface area contributed by atoms with E-state index in [2.05, 4.69) is 32.0 Å². The van der Waals surface area contributed by atoms with E-state index >= 15 is 0 Å². The second kappa shape index (κ2) is 7.18. The Morgan fingerprint density at radius 3 is 2.52 bits per heavy atom. The van der Waals surface area contributed by atoms with Crippen LogP contribution in [-0.4, -0.2) is 59.7 Å². The van der Waals surface area contributed by atoms with E-state index in [1.54, 1.807) is 0 Å². The van der Waals surface area contributed by atoms with Crippen molar-refractivity contribution in [3.8, 4) is 0 Å². The third-order valence-corrected chi connectivity index (χ3v) is 4.51. The number of aromatic nitrogens is 2. The van der Waals surface area contributed by atoms with Gasteiger partial charge in [0, 0.05) is 57.2 Å². The van der Waals surface area contributed by atoms with Crippen LogP contribution in [0, 0.1) is 0 Å². The minimum absolute atomic E-state index is 0.689. The van der Waals surface area contributed by atoms with E-state index in [1.165, 1.54) is 25.7 Å². The molecule has 1 aliphatic carbocycles. The SMILES string of the molecule is CCCC(CNC1CC1)N1CCN(c2ncccn2)CC1. The lowest BCUT2D eigenvalue weighted by molar-refractivity contribution is 0.170. The van der Waals surface area contributed by atoms with Crippen molar-refractivity contribution in [1.29, 1.82) is 0 Å². The van der Waals surface area contributed by atoms with Gasteiger partial charge in [-0.1, -0.05) is 13.3 Å². The fraction of sp³-hybridized carbons (Fsp3) is 0.750. The van der Waals surface area contributed by atoms with Gasteiger partial charge in [0.25, 0.3) is 0 Å². The van der Waals surface area contributed by atoms with Crippen molar-refractivity contribution >= 4 is 5.95 Å². The van der Waals surface area contributed by atoms with E-state index in [1.807, 2.05) is 18.5 Å². The highest BCUT2D eigenvalue weighted by Crippen LogP contribution is 2.20. The third-order valence-electron chi connectivity index (χ3n) is 4.51. The first kappa shape index (κ1) is 14.7. The molecule has 1 saturated carbocycles. The van der Waals surface area contributed by atoms with Gasteiger partial charge in [-0.2, -0.15) is 0 Å². The Balaban J connectivity index is 1.50. The first-order valence-electron chi connectivity index (χ1n) is 8.36. The Bertz CT molecular complexity index is 412. The van der Waals surface area contributed by atoms with Gasteiger partial charge in [-0.25, -0.2) is 9.97 Å². The molecular formula is C16H27N5. The van der Waals surface area contributed by atoms with Crippen LogP contribution < -0.4 is 10.2 Å². The first-order valence-corrected chi connectivity index (χ1v) is 8.36. The van der Waals surface area contributed by atoms with E-state index in [-0.39, 0.29) is 0 Å². The van der Waals surface area contributed by atoms with E-state index in [9.17, 15) is 0 Å². The van der Waals surface area contributed by atoms with Gasteiger partial charge in [-0.3, -0.25) is 4.90 Å². The maximum absolute atomic E-state index is 4.36. The van der Waals surface area contributed by atoms with Crippen LogP contribution in [0.2, 0.25) is 0 Å². The van der Waals surface area contributed by atoms with Crippen LogP contribution in [0.25, 0.3) is 0 Å². The second-order valence-corrected chi connectivity index (χ2v) is 6.20. The summed E-state index contributed by atoms with van der Waals surface area (Å²) in [6.07, 6.45) is 8.96. The zero-order valence-corrected chi connectivity index (χ0v) is 13.0. The number of rotatable bonds is 7. The Morgan fingerprint density at radius 1 is 1.19 bits per heavy atom. The molecule has 1 aromatic rings. The van der Waals surface area contributed by atoms with Crippen LogP contribution in [0.5, 0.6) is 0 Å². The third kappa shape index (κ3) is 4.14. The van der Waals surface area contributed by atoms with E-state index in [4.69, 9.17) is 0 Å². The predicted octanol–water partition coefficient (Wildman–Crippen LogP) is 1.52. The minimum Gasteiger partial charge on any atom is -0.338 e. The molecule has 0 bridgehead atoms. The average molecular weight is 289 g/mol. The molecule has 5 heteroatoms. The van der Waals surface area contributed by atoms with Crippen LogP contribution in [-0.2, 0) is 0 Å². The quantitative estimate of drug-likeness (QED) is 0.824. The molecule has 116 valence electrons. The highest BCUT2D eigenvalue weighted by atomic mass is 15.3. The summed E-state index contributed by atoms with van der Waals surface area (Å²) in [5.41, 5.74) is 0. The Hall–Kier alpha value is -1.20. The van der Waals surface area contributed by atoms with Gasteiger partial charge in [0.1, 0.15) is 0 Å². The molecule has 3 rings (SSSR count). The maximum atomic E-state index is 4.36. The lowest BCUT2D eigenvalue weighted by Gasteiger charge is -2.39. The fourth-order valence-corrected chi connectivity index (χ4v) is 3.08. The monoisotopic (exact) mass is 289 g/mol. The molecule has 1 aliphatic heterocycles. The number of piperazine rings is 1. The molecule has 1 atom stereocenters. The van der Waals surface area contributed by atoms with Crippen molar-refractivity contribution in [3.05, 3.63) is 18.5 Å². The summed E-state index contributed by atoms with van der Waals surface area (Å²) in [4.78, 5) is 13.7. The highest BCUT2D eigenvalue weighted by Gasteiger charge is 2.27. The average Bonchev–Trinajstić information content (AvgIpc) is 3.37. The van der Waals surface area contributed by atoms with Gasteiger partial charge in [-0.15, -0.1) is 0 Å². The summed E-state index contributed by atoms with van der Waals surface area (Å²) in [6.45, 7) is 7.75. The zero-order chi connectivity index (χ0) is 14.5. The number of anilines is 1. The van der Waals surface area contributed by atoms with Crippen LogP contribution in [0.1, 0.15) is 32.6 Å². The summed E-state index contributed by atoms with van der Waals surface area (Å²) in [5, 5.41) is 3.70. The number of nitrogens with one attached hydrogen (secondary N) is 1. The highest BCUT2D eigenvalue weighted by molar-refractivity contribution is 5.29. The number of hydrogen-bond acceptors (Lipinski definition) is 5. The molecule has 2 heterocycles. The van der Waals surface area contributed by atoms with Gasteiger partial charge in [-0.05, 0) is 25.3 Å². The molecule has 2 aliphatic rings. The number of hydrogen-bond donors (Lipinski definition) is 1. The first-order chi connectivity index (χ1) is 10.4. The predicted molar refractivity (Wildman–Crippen MR) is 85.5 cm³/mol. The lowest BCUT2D eigenvalue weighted by Crippen LogP contribution is -2.53. The zero-order valence-electron chi connectivity index (χ0n) is 13.0. The van der Waals surface area contributed by atoms with Crippen LogP contribution in [0.3, 0.4) is 0 Å². The Morgan fingerprint density at radius 2 is 1.90 bits per heavy atom. The molecule has 0 spiro atoms. The molecule has 1 aromatic heterocycles. The van der Waals surface area contributed by atoms with Crippen molar-refractivity contribution in [2.75, 3.05) is 37.6 Å². The van der Waals surface area contributed by atoms with Crippen molar-refractivity contribution < 1.29 is 0 Å². The van der Waals surface area contributed by atoms with E-state index in [0.717, 1.165) is 44.7 Å². The molecule has 0 amide bonds. The van der Waals surface area contributed by atoms with Crippen LogP contribution >= 0.6 is 0 Å². The second-order valence-electron chi connectivity index (χ2n) is 6.20. The largest absolute Gasteiger partial charge is 0.338 e. The lowest BCUT2D eigenvalue weighted by atomic mass is 10.1. The minimum atomic E-state index is 0.689. The maximum Gasteiger partial charge on any atom is 0.225 e. The molecule has 5 nitrogen and oxygen atoms in total. The van der Waals surface area contributed by atoms with Crippen molar-refractivity contribution in [2.45, 2.75) is 44.7 Å². The standard InChI is InChI=1S/C16H27N5/c1-2-4-15(13-19-14-5-6-14)20-9-11-21(12-10-20)16-17-7-3-8-18-16/h3,7-8,14-15,19H,2,4-6,9-13H2,1H3. The summed E-state index contributed by atoms with van der Waals surface area (Å²) < 4.78 is 0. The van der Waals surface area contributed by atoms with Gasteiger partial charge >= 0.3 is 0 Å². The smallest absolute Gasteiger partial charge is 0.225 e. The van der Waals surface area contributed by atoms with Crippen molar-refractivity contribution in [3.63, 3.8) is 0 Å². The van der Waals surface area contributed by atoms with Gasteiger partial charge in [0.15, 0.2) is 0 Å². The van der Waals surface area contributed by atoms with Gasteiger partial charge < -0.3 is 10.2 Å². The van der Waals surface area contributed by atoms with Crippen molar-refractivity contribution in [1.82, 2.24) is 20.2 Å². The topological polar surface area (TPSA) is 44.3 Å². The summed E-state index contributed by atoms with van der Waals surface area (Å²) in [6, 6.07) is 3.37. The summed E-state index contributed by atoms with van der Waals surface area (Å²) in [5.74, 6) is 0.875. The molecule has 2 fully saturated rings. The van der Waals surface area contributed by atoms with Crippen LogP contribution in [0.4, 0.5) is 5.95 Å². The molecule has 1 saturated heterocycles. The molecule has 21 heavy (non-hydrogen) atoms. The van der Waals surface area contributed by atoms with Gasteiger partial charge in [0.05, 0.1) is 0 Å². The summed E-state index contributed by atoms with van der Waals surface area (Å²) in [7, 11) is 0. The molecule has 0 radical (unpaired) electrons. The van der Waals surface area contributed by atoms with Gasteiger partial charge in [0.2, 0.25) is 5.95 Å². The Labute approximate surface area is 127 Å². The van der Waals surface area contributed by atoms with E-state index < -0.39 is 0 Å². The molecule has 1 unspecified atom stereocenters. The molecule has 1 N–H and O–H groups in total. The Kier molecular flexibility index (Phi) is 5.04. The molecular weight excluding hydrogens is 262 g/mol. The summed E-state index contributed by atoms with van der Waals surface area (Å²) >= 11 is 0. The van der Waals surface area contributed by atoms with Crippen LogP contribution in [0.15, 0.2) is 18.5 Å². The normalized spacial score (nSPS) is 21.5. The molecule has 0 aromatic carbocycles. The number of nitrogens with zero attached hydrogens (tertiary/aromatic N) is 4. The fourth-order valence-electron chi connectivity index (χ4n) is 3.08.